The Labute approximate surface area is 123 Å². The molecule has 0 amide bonds. The van der Waals surface area contributed by atoms with E-state index in [4.69, 9.17) is 0 Å². The number of rotatable bonds is 8. The molecule has 0 aliphatic carbocycles. The molecule has 0 aliphatic rings. The van der Waals surface area contributed by atoms with Crippen LogP contribution >= 0.6 is 0 Å². The molecule has 0 aliphatic heterocycles. The number of nitrogens with zero attached hydrogens (tertiary/aromatic N) is 1. The fourth-order valence-corrected chi connectivity index (χ4v) is 3.10. The van der Waals surface area contributed by atoms with Gasteiger partial charge in [-0.1, -0.05) is 25.1 Å². The maximum absolute atomic E-state index is 11.4. The SMILES string of the molecule is CCN(CCCNCc1cccc(C)c1C)S(C)(=O)=O. The highest BCUT2D eigenvalue weighted by atomic mass is 32.2. The fraction of sp³-hybridized carbons (Fsp3) is 0.600. The summed E-state index contributed by atoms with van der Waals surface area (Å²) in [5.74, 6) is 0. The van der Waals surface area contributed by atoms with Crippen molar-refractivity contribution in [1.29, 1.82) is 0 Å². The van der Waals surface area contributed by atoms with E-state index >= 15 is 0 Å². The van der Waals surface area contributed by atoms with Gasteiger partial charge in [-0.15, -0.1) is 0 Å². The highest BCUT2D eigenvalue weighted by Gasteiger charge is 2.12. The summed E-state index contributed by atoms with van der Waals surface area (Å²) in [5, 5.41) is 3.38. The zero-order chi connectivity index (χ0) is 15.2. The maximum atomic E-state index is 11.4. The summed E-state index contributed by atoms with van der Waals surface area (Å²) in [6.45, 7) is 8.88. The van der Waals surface area contributed by atoms with Crippen molar-refractivity contribution in [2.45, 2.75) is 33.7 Å². The van der Waals surface area contributed by atoms with Crippen LogP contribution in [0.4, 0.5) is 0 Å². The Morgan fingerprint density at radius 1 is 1.25 bits per heavy atom. The van der Waals surface area contributed by atoms with Crippen molar-refractivity contribution in [3.63, 3.8) is 0 Å². The summed E-state index contributed by atoms with van der Waals surface area (Å²) in [6.07, 6.45) is 2.09. The number of benzene rings is 1. The molecule has 1 N–H and O–H groups in total. The predicted molar refractivity (Wildman–Crippen MR) is 84.3 cm³/mol. The van der Waals surface area contributed by atoms with Crippen LogP contribution in [0, 0.1) is 13.8 Å². The molecule has 0 radical (unpaired) electrons. The average molecular weight is 298 g/mol. The molecular formula is C15H26N2O2S. The van der Waals surface area contributed by atoms with E-state index in [1.807, 2.05) is 6.92 Å². The van der Waals surface area contributed by atoms with Gasteiger partial charge in [-0.05, 0) is 43.5 Å². The second-order valence-corrected chi connectivity index (χ2v) is 7.13. The predicted octanol–water partition coefficient (Wildman–Crippen LogP) is 2.06. The van der Waals surface area contributed by atoms with E-state index in [9.17, 15) is 8.42 Å². The second kappa shape index (κ2) is 7.76. The summed E-state index contributed by atoms with van der Waals surface area (Å²) in [4.78, 5) is 0. The number of hydrogen-bond acceptors (Lipinski definition) is 3. The van der Waals surface area contributed by atoms with Crippen molar-refractivity contribution in [3.05, 3.63) is 34.9 Å². The van der Waals surface area contributed by atoms with Crippen LogP contribution in [0.15, 0.2) is 18.2 Å². The number of nitrogens with one attached hydrogen (secondary N) is 1. The topological polar surface area (TPSA) is 49.4 Å². The van der Waals surface area contributed by atoms with E-state index in [0.29, 0.717) is 13.1 Å². The summed E-state index contributed by atoms with van der Waals surface area (Å²) < 4.78 is 24.4. The van der Waals surface area contributed by atoms with Gasteiger partial charge >= 0.3 is 0 Å². The van der Waals surface area contributed by atoms with Crippen molar-refractivity contribution in [1.82, 2.24) is 9.62 Å². The molecule has 1 aromatic carbocycles. The minimum Gasteiger partial charge on any atom is -0.313 e. The summed E-state index contributed by atoms with van der Waals surface area (Å²) in [7, 11) is -3.06. The van der Waals surface area contributed by atoms with Gasteiger partial charge in [0.15, 0.2) is 0 Å². The lowest BCUT2D eigenvalue weighted by molar-refractivity contribution is 0.419. The Bertz CT molecular complexity index is 527. The molecule has 0 atom stereocenters. The maximum Gasteiger partial charge on any atom is 0.211 e. The number of hydrogen-bond donors (Lipinski definition) is 1. The van der Waals surface area contributed by atoms with Crippen LogP contribution < -0.4 is 5.32 Å². The smallest absolute Gasteiger partial charge is 0.211 e. The van der Waals surface area contributed by atoms with E-state index in [1.54, 1.807) is 0 Å². The van der Waals surface area contributed by atoms with E-state index in [2.05, 4.69) is 37.4 Å². The lowest BCUT2D eigenvalue weighted by Crippen LogP contribution is -2.32. The summed E-state index contributed by atoms with van der Waals surface area (Å²) in [5.41, 5.74) is 3.94. The third kappa shape index (κ3) is 5.23. The zero-order valence-electron chi connectivity index (χ0n) is 12.9. The summed E-state index contributed by atoms with van der Waals surface area (Å²) in [6, 6.07) is 6.32. The second-order valence-electron chi connectivity index (χ2n) is 5.14. The first-order chi connectivity index (χ1) is 9.36. The molecule has 0 saturated carbocycles. The number of sulfonamides is 1. The van der Waals surface area contributed by atoms with Gasteiger partial charge in [0, 0.05) is 19.6 Å². The fourth-order valence-electron chi connectivity index (χ4n) is 2.17. The first-order valence-electron chi connectivity index (χ1n) is 7.07. The van der Waals surface area contributed by atoms with Crippen molar-refractivity contribution >= 4 is 10.0 Å². The molecule has 0 spiro atoms. The van der Waals surface area contributed by atoms with Gasteiger partial charge in [0.05, 0.1) is 6.26 Å². The molecule has 0 bridgehead atoms. The molecule has 114 valence electrons. The van der Waals surface area contributed by atoms with Crippen molar-refractivity contribution in [2.24, 2.45) is 0 Å². The zero-order valence-corrected chi connectivity index (χ0v) is 13.8. The van der Waals surface area contributed by atoms with Gasteiger partial charge < -0.3 is 5.32 Å². The normalized spacial score (nSPS) is 12.1. The Balaban J connectivity index is 2.34. The lowest BCUT2D eigenvalue weighted by atomic mass is 10.0. The molecule has 1 rings (SSSR count). The Morgan fingerprint density at radius 3 is 2.55 bits per heavy atom. The molecule has 0 heterocycles. The van der Waals surface area contributed by atoms with Crippen molar-refractivity contribution in [2.75, 3.05) is 25.9 Å². The molecule has 0 saturated heterocycles. The molecule has 0 unspecified atom stereocenters. The van der Waals surface area contributed by atoms with Crippen molar-refractivity contribution in [3.8, 4) is 0 Å². The average Bonchev–Trinajstić information content (AvgIpc) is 2.37. The minimum absolute atomic E-state index is 0.538. The van der Waals surface area contributed by atoms with Crippen LogP contribution in [0.3, 0.4) is 0 Å². The first kappa shape index (κ1) is 17.1. The van der Waals surface area contributed by atoms with Gasteiger partial charge in [0.1, 0.15) is 0 Å². The molecule has 0 aromatic heterocycles. The van der Waals surface area contributed by atoms with Gasteiger partial charge in [0.2, 0.25) is 10.0 Å². The Morgan fingerprint density at radius 2 is 1.95 bits per heavy atom. The largest absolute Gasteiger partial charge is 0.313 e. The standard InChI is InChI=1S/C15H26N2O2S/c1-5-17(20(4,18)19)11-7-10-16-12-15-9-6-8-13(2)14(15)3/h6,8-9,16H,5,7,10-12H2,1-4H3. The van der Waals surface area contributed by atoms with E-state index in [0.717, 1.165) is 19.5 Å². The third-order valence-electron chi connectivity index (χ3n) is 3.62. The molecule has 4 nitrogen and oxygen atoms in total. The quantitative estimate of drug-likeness (QED) is 0.747. The van der Waals surface area contributed by atoms with Gasteiger partial charge in [-0.25, -0.2) is 12.7 Å². The molecule has 20 heavy (non-hydrogen) atoms. The van der Waals surface area contributed by atoms with E-state index < -0.39 is 10.0 Å². The van der Waals surface area contributed by atoms with E-state index in [1.165, 1.54) is 27.3 Å². The monoisotopic (exact) mass is 298 g/mol. The van der Waals surface area contributed by atoms with Crippen molar-refractivity contribution < 1.29 is 8.42 Å². The van der Waals surface area contributed by atoms with Gasteiger partial charge in [0.25, 0.3) is 0 Å². The van der Waals surface area contributed by atoms with Crippen LogP contribution in [0.2, 0.25) is 0 Å². The molecular weight excluding hydrogens is 272 g/mol. The highest BCUT2D eigenvalue weighted by Crippen LogP contribution is 2.12. The lowest BCUT2D eigenvalue weighted by Gasteiger charge is -2.17. The minimum atomic E-state index is -3.06. The molecule has 5 heteroatoms. The summed E-state index contributed by atoms with van der Waals surface area (Å²) >= 11 is 0. The number of aryl methyl sites for hydroxylation is 1. The van der Waals surface area contributed by atoms with Gasteiger partial charge in [-0.3, -0.25) is 0 Å². The molecule has 0 fully saturated rings. The highest BCUT2D eigenvalue weighted by molar-refractivity contribution is 7.88. The van der Waals surface area contributed by atoms with Crippen LogP contribution in [-0.2, 0) is 16.6 Å². The van der Waals surface area contributed by atoms with E-state index in [-0.39, 0.29) is 0 Å². The van der Waals surface area contributed by atoms with Crippen LogP contribution in [0.25, 0.3) is 0 Å². The van der Waals surface area contributed by atoms with Crippen LogP contribution in [-0.4, -0.2) is 38.6 Å². The first-order valence-corrected chi connectivity index (χ1v) is 8.92. The van der Waals surface area contributed by atoms with Gasteiger partial charge in [-0.2, -0.15) is 0 Å². The molecule has 1 aromatic rings. The third-order valence-corrected chi connectivity index (χ3v) is 4.99. The van der Waals surface area contributed by atoms with Crippen LogP contribution in [0.5, 0.6) is 0 Å². The Kier molecular flexibility index (Phi) is 6.65. The van der Waals surface area contributed by atoms with Crippen LogP contribution in [0.1, 0.15) is 30.0 Å². The Hall–Kier alpha value is -0.910.